The fraction of sp³-hybridized carbons (Fsp3) is 0. The summed E-state index contributed by atoms with van der Waals surface area (Å²) in [6.45, 7) is 0. The van der Waals surface area contributed by atoms with Crippen molar-refractivity contribution in [3.8, 4) is 0 Å². The molecule has 0 aromatic heterocycles. The largest absolute Gasteiger partial charge is 0.729 e. The van der Waals surface area contributed by atoms with Crippen LogP contribution in [-0.4, -0.2) is 12.6 Å². The van der Waals surface area contributed by atoms with Gasteiger partial charge in [-0.3, -0.25) is 5.26 Å². The monoisotopic (exact) mass is 182 g/mol. The molecule has 1 aliphatic rings. The van der Waals surface area contributed by atoms with Crippen LogP contribution in [0, 0.1) is 0 Å². The molecule has 0 amide bonds. The minimum atomic E-state index is -1.05. The molecule has 1 aliphatic heterocycles. The van der Waals surface area contributed by atoms with Gasteiger partial charge in [-0.1, -0.05) is 5.04 Å². The Morgan fingerprint density at radius 2 is 2.00 bits per heavy atom. The second-order valence-electron chi connectivity index (χ2n) is 0.655. The van der Waals surface area contributed by atoms with Crippen LogP contribution in [0.25, 0.3) is 0 Å². The molecule has 0 saturated carbocycles. The van der Waals surface area contributed by atoms with Crippen molar-refractivity contribution in [3.05, 3.63) is 0 Å². The molecule has 0 aliphatic carbocycles. The van der Waals surface area contributed by atoms with Gasteiger partial charge in [-0.05, 0) is 0 Å². The molecule has 1 heterocycles. The standard InChI is InChI=1S/BHO5.Zr/c2-3-1-4-6-5-1;/h2H;. The fourth-order valence-electron chi connectivity index (χ4n) is 0.106. The van der Waals surface area contributed by atoms with Crippen molar-refractivity contribution < 1.29 is 50.9 Å². The summed E-state index contributed by atoms with van der Waals surface area (Å²) in [7, 11) is -1.05. The Bertz CT molecular complexity index is 40.6. The third kappa shape index (κ3) is 1.99. The smallest absolute Gasteiger partial charge is 0.262 e. The molecule has 0 bridgehead atoms. The molecule has 1 fully saturated rings. The summed E-state index contributed by atoms with van der Waals surface area (Å²) in [4.78, 5) is 11.2. The maximum Gasteiger partial charge on any atom is 0.729 e. The van der Waals surface area contributed by atoms with E-state index in [1.807, 2.05) is 0 Å². The Kier molecular flexibility index (Phi) is 4.11. The van der Waals surface area contributed by atoms with E-state index in [9.17, 15) is 0 Å². The van der Waals surface area contributed by atoms with Gasteiger partial charge in [0.05, 0.1) is 0 Å². The molecule has 1 N–H and O–H groups in total. The molecule has 5 nitrogen and oxygen atoms in total. The molecule has 0 aromatic rings. The maximum atomic E-state index is 7.56. The number of hydrogen-bond acceptors (Lipinski definition) is 5. The first-order chi connectivity index (χ1) is 2.93. The molecule has 7 heavy (non-hydrogen) atoms. The first-order valence-corrected chi connectivity index (χ1v) is 1.22. The summed E-state index contributed by atoms with van der Waals surface area (Å²) in [5.74, 6) is 0. The topological polar surface area (TPSA) is 57.2 Å². The Labute approximate surface area is 58.6 Å². The molecule has 1 saturated heterocycles. The van der Waals surface area contributed by atoms with Gasteiger partial charge in [-0.2, -0.15) is 9.61 Å². The normalized spacial score (nSPS) is 17.6. The van der Waals surface area contributed by atoms with Gasteiger partial charge in [0, 0.05) is 26.2 Å². The second-order valence-corrected chi connectivity index (χ2v) is 0.655. The van der Waals surface area contributed by atoms with Crippen molar-refractivity contribution in [2.75, 3.05) is 0 Å². The van der Waals surface area contributed by atoms with E-state index in [2.05, 4.69) is 19.5 Å². The van der Waals surface area contributed by atoms with E-state index < -0.39 is 7.32 Å². The van der Waals surface area contributed by atoms with Crippen LogP contribution in [0.3, 0.4) is 0 Å². The van der Waals surface area contributed by atoms with Gasteiger partial charge in [0.1, 0.15) is 0 Å². The number of hydrogen-bond donors (Lipinski definition) is 1. The molecule has 0 radical (unpaired) electrons. The van der Waals surface area contributed by atoms with Gasteiger partial charge < -0.3 is 0 Å². The van der Waals surface area contributed by atoms with Gasteiger partial charge in [-0.25, -0.2) is 4.81 Å². The maximum absolute atomic E-state index is 7.56. The zero-order chi connectivity index (χ0) is 4.41. The second kappa shape index (κ2) is 3.71. The van der Waals surface area contributed by atoms with Gasteiger partial charge in [-0.15, -0.1) is 0 Å². The van der Waals surface area contributed by atoms with Crippen molar-refractivity contribution >= 4 is 7.32 Å². The third-order valence-corrected chi connectivity index (χ3v) is 0.322. The van der Waals surface area contributed by atoms with Crippen molar-refractivity contribution in [3.63, 3.8) is 0 Å². The van der Waals surface area contributed by atoms with Crippen molar-refractivity contribution in [2.45, 2.75) is 0 Å². The average Bonchev–Trinajstić information content (AvgIpc) is 1.31. The first kappa shape index (κ1) is 7.75. The van der Waals surface area contributed by atoms with Crippen LogP contribution in [-0.2, 0) is 45.7 Å². The van der Waals surface area contributed by atoms with Crippen LogP contribution < -0.4 is 0 Å². The summed E-state index contributed by atoms with van der Waals surface area (Å²) in [5, 5.41) is 11.2. The van der Waals surface area contributed by atoms with E-state index in [0.29, 0.717) is 0 Å². The number of rotatable bonds is 1. The van der Waals surface area contributed by atoms with Crippen LogP contribution in [0.15, 0.2) is 0 Å². The van der Waals surface area contributed by atoms with Crippen LogP contribution in [0.4, 0.5) is 0 Å². The van der Waals surface area contributed by atoms with E-state index in [0.717, 1.165) is 0 Å². The minimum absolute atomic E-state index is 0. The van der Waals surface area contributed by atoms with E-state index in [4.69, 9.17) is 5.26 Å². The molecule has 0 unspecified atom stereocenters. The summed E-state index contributed by atoms with van der Waals surface area (Å²) in [6, 6.07) is 0. The quantitative estimate of drug-likeness (QED) is 0.332. The van der Waals surface area contributed by atoms with Gasteiger partial charge >= 0.3 is 7.32 Å². The van der Waals surface area contributed by atoms with Crippen LogP contribution >= 0.6 is 0 Å². The van der Waals surface area contributed by atoms with E-state index in [1.54, 1.807) is 0 Å². The predicted molar refractivity (Wildman–Crippen MR) is 12.7 cm³/mol. The van der Waals surface area contributed by atoms with Gasteiger partial charge in [0.25, 0.3) is 0 Å². The molecule has 7 heteroatoms. The fourth-order valence-corrected chi connectivity index (χ4v) is 0.106. The zero-order valence-electron chi connectivity index (χ0n) is 3.16. The van der Waals surface area contributed by atoms with E-state index in [1.165, 1.54) is 0 Å². The zero-order valence-corrected chi connectivity index (χ0v) is 5.62. The predicted octanol–water partition coefficient (Wildman–Crippen LogP) is -0.648. The first-order valence-electron chi connectivity index (χ1n) is 1.22. The van der Waals surface area contributed by atoms with Crippen LogP contribution in [0.2, 0.25) is 0 Å². The Morgan fingerprint density at radius 1 is 1.43 bits per heavy atom. The summed E-state index contributed by atoms with van der Waals surface area (Å²) >= 11 is 0. The SMILES string of the molecule is OOB1OOO1.[Zr]. The van der Waals surface area contributed by atoms with E-state index in [-0.39, 0.29) is 26.2 Å². The van der Waals surface area contributed by atoms with Crippen molar-refractivity contribution in [1.29, 1.82) is 0 Å². The summed E-state index contributed by atoms with van der Waals surface area (Å²) < 4.78 is 0. The summed E-state index contributed by atoms with van der Waals surface area (Å²) in [5.41, 5.74) is 0. The molecule has 0 aromatic carbocycles. The van der Waals surface area contributed by atoms with E-state index >= 15 is 0 Å². The molecule has 0 atom stereocenters. The minimum Gasteiger partial charge on any atom is -0.262 e. The van der Waals surface area contributed by atoms with Crippen LogP contribution in [0.1, 0.15) is 0 Å². The van der Waals surface area contributed by atoms with Crippen molar-refractivity contribution in [1.82, 2.24) is 0 Å². The molecular formula is HBO5Zr. The third-order valence-electron chi connectivity index (χ3n) is 0.322. The average molecular weight is 183 g/mol. The Morgan fingerprint density at radius 3 is 2.00 bits per heavy atom. The molecule has 0 spiro atoms. The Hall–Kier alpha value is 0.748. The molecule has 38 valence electrons. The molecule has 1 rings (SSSR count). The van der Waals surface area contributed by atoms with Gasteiger partial charge in [0.15, 0.2) is 0 Å². The van der Waals surface area contributed by atoms with Crippen LogP contribution in [0.5, 0.6) is 0 Å². The Balaban J connectivity index is 0.000000360. The molecular weight excluding hydrogens is 182 g/mol. The van der Waals surface area contributed by atoms with Gasteiger partial charge in [0.2, 0.25) is 0 Å². The summed E-state index contributed by atoms with van der Waals surface area (Å²) in [6.07, 6.45) is 0. The van der Waals surface area contributed by atoms with Crippen molar-refractivity contribution in [2.24, 2.45) is 0 Å².